The van der Waals surface area contributed by atoms with E-state index in [2.05, 4.69) is 53.5 Å². The summed E-state index contributed by atoms with van der Waals surface area (Å²) in [7, 11) is 0. The first-order valence-corrected chi connectivity index (χ1v) is 8.34. The van der Waals surface area contributed by atoms with Crippen LogP contribution in [0.15, 0.2) is 72.9 Å². The zero-order valence-electron chi connectivity index (χ0n) is 12.2. The second kappa shape index (κ2) is 4.86. The van der Waals surface area contributed by atoms with Gasteiger partial charge in [-0.3, -0.25) is 4.98 Å². The molecule has 5 aromatic rings. The third-order valence-electron chi connectivity index (χ3n) is 4.12. The fourth-order valence-electron chi connectivity index (χ4n) is 2.97. The van der Waals surface area contributed by atoms with Gasteiger partial charge < -0.3 is 0 Å². The van der Waals surface area contributed by atoms with Crippen LogP contribution in [0.1, 0.15) is 0 Å². The van der Waals surface area contributed by atoms with Crippen molar-refractivity contribution in [2.45, 2.75) is 0 Å². The Balaban J connectivity index is 1.76. The molecule has 5 rings (SSSR count). The van der Waals surface area contributed by atoms with Crippen molar-refractivity contribution in [2.75, 3.05) is 0 Å². The largest absolute Gasteiger partial charge is 0.256 e. The molecule has 2 aromatic heterocycles. The third kappa shape index (κ3) is 2.01. The van der Waals surface area contributed by atoms with Crippen LogP contribution >= 0.6 is 11.3 Å². The normalized spacial score (nSPS) is 11.5. The highest BCUT2D eigenvalue weighted by molar-refractivity contribution is 7.21. The Kier molecular flexibility index (Phi) is 2.69. The standard InChI is InChI=1S/C20H12N2S/c1-3-7-16-13(5-1)9-10-18-19(16)22-20(23-18)15-11-14-6-2-4-8-17(14)21-12-15/h1-12H. The number of hydrogen-bond donors (Lipinski definition) is 0. The summed E-state index contributed by atoms with van der Waals surface area (Å²) in [6.07, 6.45) is 1.92. The molecule has 108 valence electrons. The number of aromatic nitrogens is 2. The zero-order chi connectivity index (χ0) is 15.2. The Labute approximate surface area is 137 Å². The second-order valence-electron chi connectivity index (χ2n) is 5.57. The lowest BCUT2D eigenvalue weighted by molar-refractivity contribution is 1.39. The molecule has 2 heterocycles. The Morgan fingerprint density at radius 3 is 2.57 bits per heavy atom. The van der Waals surface area contributed by atoms with Gasteiger partial charge in [-0.1, -0.05) is 48.5 Å². The zero-order valence-corrected chi connectivity index (χ0v) is 13.0. The van der Waals surface area contributed by atoms with Gasteiger partial charge in [0.25, 0.3) is 0 Å². The monoisotopic (exact) mass is 312 g/mol. The minimum absolute atomic E-state index is 1.02. The molecule has 0 fully saturated rings. The molecule has 3 heteroatoms. The van der Waals surface area contributed by atoms with E-state index in [0.717, 1.165) is 27.0 Å². The van der Waals surface area contributed by atoms with Gasteiger partial charge in [0.2, 0.25) is 0 Å². The summed E-state index contributed by atoms with van der Waals surface area (Å²) in [6, 6.07) is 23.1. The molecule has 0 atom stereocenters. The molecule has 2 nitrogen and oxygen atoms in total. The first-order valence-electron chi connectivity index (χ1n) is 7.52. The van der Waals surface area contributed by atoms with Crippen molar-refractivity contribution in [3.05, 3.63) is 72.9 Å². The van der Waals surface area contributed by atoms with E-state index < -0.39 is 0 Å². The maximum atomic E-state index is 4.90. The van der Waals surface area contributed by atoms with Gasteiger partial charge in [0.05, 0.1) is 15.7 Å². The number of thiazole rings is 1. The van der Waals surface area contributed by atoms with Gasteiger partial charge in [0, 0.05) is 22.5 Å². The fourth-order valence-corrected chi connectivity index (χ4v) is 3.94. The molecule has 0 unspecified atom stereocenters. The molecule has 0 bridgehead atoms. The molecule has 0 radical (unpaired) electrons. The average Bonchev–Trinajstić information content (AvgIpc) is 3.06. The number of nitrogens with zero attached hydrogens (tertiary/aromatic N) is 2. The molecule has 0 saturated carbocycles. The van der Waals surface area contributed by atoms with Crippen LogP contribution in [0.3, 0.4) is 0 Å². The van der Waals surface area contributed by atoms with Crippen molar-refractivity contribution < 1.29 is 0 Å². The van der Waals surface area contributed by atoms with Gasteiger partial charge in [-0.05, 0) is 23.6 Å². The van der Waals surface area contributed by atoms with E-state index in [1.165, 1.54) is 15.5 Å². The number of pyridine rings is 1. The van der Waals surface area contributed by atoms with Crippen molar-refractivity contribution in [2.24, 2.45) is 0 Å². The molecule has 0 aliphatic heterocycles. The Morgan fingerprint density at radius 1 is 0.783 bits per heavy atom. The van der Waals surface area contributed by atoms with E-state index in [4.69, 9.17) is 4.98 Å². The highest BCUT2D eigenvalue weighted by atomic mass is 32.1. The van der Waals surface area contributed by atoms with Crippen LogP contribution in [-0.2, 0) is 0 Å². The van der Waals surface area contributed by atoms with Gasteiger partial charge in [-0.15, -0.1) is 11.3 Å². The average molecular weight is 312 g/mol. The van der Waals surface area contributed by atoms with Gasteiger partial charge in [0.15, 0.2) is 0 Å². The summed E-state index contributed by atoms with van der Waals surface area (Å²) in [6.45, 7) is 0. The summed E-state index contributed by atoms with van der Waals surface area (Å²) >= 11 is 1.72. The van der Waals surface area contributed by atoms with Crippen LogP contribution in [0, 0.1) is 0 Å². The quantitative estimate of drug-likeness (QED) is 0.399. The highest BCUT2D eigenvalue weighted by Crippen LogP contribution is 2.34. The fraction of sp³-hybridized carbons (Fsp3) is 0. The van der Waals surface area contributed by atoms with E-state index in [1.807, 2.05) is 24.4 Å². The van der Waals surface area contributed by atoms with Crippen molar-refractivity contribution >= 4 is 43.2 Å². The molecule has 0 amide bonds. The highest BCUT2D eigenvalue weighted by Gasteiger charge is 2.10. The van der Waals surface area contributed by atoms with Crippen LogP contribution in [-0.4, -0.2) is 9.97 Å². The summed E-state index contributed by atoms with van der Waals surface area (Å²) in [5.74, 6) is 0. The summed E-state index contributed by atoms with van der Waals surface area (Å²) in [4.78, 5) is 9.45. The predicted molar refractivity (Wildman–Crippen MR) is 97.9 cm³/mol. The lowest BCUT2D eigenvalue weighted by atomic mass is 10.1. The van der Waals surface area contributed by atoms with Crippen molar-refractivity contribution in [1.82, 2.24) is 9.97 Å². The molecule has 0 aliphatic carbocycles. The lowest BCUT2D eigenvalue weighted by Gasteiger charge is -1.99. The first-order chi connectivity index (χ1) is 11.4. The summed E-state index contributed by atoms with van der Waals surface area (Å²) in [5, 5.41) is 4.61. The summed E-state index contributed by atoms with van der Waals surface area (Å²) in [5.41, 5.74) is 3.17. The number of para-hydroxylation sites is 1. The lowest BCUT2D eigenvalue weighted by Crippen LogP contribution is -1.82. The number of benzene rings is 3. The molecule has 0 saturated heterocycles. The SMILES string of the molecule is c1ccc2ncc(-c3nc4c(ccc5ccccc54)s3)cc2c1. The Bertz CT molecular complexity index is 1170. The van der Waals surface area contributed by atoms with E-state index in [0.29, 0.717) is 0 Å². The smallest absolute Gasteiger partial charge is 0.126 e. The maximum absolute atomic E-state index is 4.90. The van der Waals surface area contributed by atoms with Crippen LogP contribution in [0.25, 0.3) is 42.5 Å². The van der Waals surface area contributed by atoms with Crippen LogP contribution in [0.2, 0.25) is 0 Å². The predicted octanol–water partition coefficient (Wildman–Crippen LogP) is 5.66. The van der Waals surface area contributed by atoms with Gasteiger partial charge in [-0.2, -0.15) is 0 Å². The minimum atomic E-state index is 1.02. The van der Waals surface area contributed by atoms with Gasteiger partial charge >= 0.3 is 0 Å². The van der Waals surface area contributed by atoms with Crippen LogP contribution in [0.5, 0.6) is 0 Å². The summed E-state index contributed by atoms with van der Waals surface area (Å²) < 4.78 is 1.21. The van der Waals surface area contributed by atoms with E-state index in [-0.39, 0.29) is 0 Å². The topological polar surface area (TPSA) is 25.8 Å². The number of hydrogen-bond acceptors (Lipinski definition) is 3. The molecule has 0 aliphatic rings. The second-order valence-corrected chi connectivity index (χ2v) is 6.60. The Hall–Kier alpha value is -2.78. The van der Waals surface area contributed by atoms with Crippen molar-refractivity contribution in [1.29, 1.82) is 0 Å². The van der Waals surface area contributed by atoms with Crippen LogP contribution < -0.4 is 0 Å². The van der Waals surface area contributed by atoms with Gasteiger partial charge in [-0.25, -0.2) is 4.98 Å². The van der Waals surface area contributed by atoms with Crippen molar-refractivity contribution in [3.63, 3.8) is 0 Å². The molecular formula is C20H12N2S. The van der Waals surface area contributed by atoms with Gasteiger partial charge in [0.1, 0.15) is 5.01 Å². The van der Waals surface area contributed by atoms with E-state index >= 15 is 0 Å². The van der Waals surface area contributed by atoms with Crippen LogP contribution in [0.4, 0.5) is 0 Å². The first kappa shape index (κ1) is 12.7. The minimum Gasteiger partial charge on any atom is -0.256 e. The molecule has 0 N–H and O–H groups in total. The number of rotatable bonds is 1. The molecule has 23 heavy (non-hydrogen) atoms. The molecule has 0 spiro atoms. The maximum Gasteiger partial charge on any atom is 0.126 e. The number of fused-ring (bicyclic) bond motifs is 4. The van der Waals surface area contributed by atoms with Crippen molar-refractivity contribution in [3.8, 4) is 10.6 Å². The molecular weight excluding hydrogens is 300 g/mol. The van der Waals surface area contributed by atoms with E-state index in [1.54, 1.807) is 11.3 Å². The van der Waals surface area contributed by atoms with E-state index in [9.17, 15) is 0 Å². The Morgan fingerprint density at radius 2 is 1.61 bits per heavy atom. The third-order valence-corrected chi connectivity index (χ3v) is 5.19. The molecule has 3 aromatic carbocycles.